The molecule has 1 aromatic carbocycles. The number of hydrogen-bond acceptors (Lipinski definition) is 8. The summed E-state index contributed by atoms with van der Waals surface area (Å²) in [5.74, 6) is 0.112. The van der Waals surface area contributed by atoms with Crippen LogP contribution in [0.2, 0.25) is 0 Å². The monoisotopic (exact) mass is 463 g/mol. The number of hydrogen-bond donors (Lipinski definition) is 3. The number of rotatable bonds is 6. The first-order valence-corrected chi connectivity index (χ1v) is 12.6. The maximum absolute atomic E-state index is 12.8. The molecule has 3 N–H and O–H groups in total. The lowest BCUT2D eigenvalue weighted by molar-refractivity contribution is 0.0888. The van der Waals surface area contributed by atoms with Crippen LogP contribution in [-0.2, 0) is 14.8 Å². The first kappa shape index (κ1) is 22.8. The molecule has 174 valence electrons. The Kier molecular flexibility index (Phi) is 6.61. The van der Waals surface area contributed by atoms with Crippen molar-refractivity contribution in [2.45, 2.75) is 49.9 Å². The summed E-state index contributed by atoms with van der Waals surface area (Å²) in [5.41, 5.74) is 0.937. The van der Waals surface area contributed by atoms with Crippen molar-refractivity contribution in [3.05, 3.63) is 30.0 Å². The molecule has 10 nitrogen and oxygen atoms in total. The van der Waals surface area contributed by atoms with E-state index in [1.807, 2.05) is 6.07 Å². The van der Waals surface area contributed by atoms with Gasteiger partial charge in [-0.3, -0.25) is 4.79 Å². The summed E-state index contributed by atoms with van der Waals surface area (Å²) in [6, 6.07) is 5.00. The van der Waals surface area contributed by atoms with Gasteiger partial charge in [0.25, 0.3) is 5.91 Å². The lowest BCUT2D eigenvalue weighted by Gasteiger charge is -2.33. The molecule has 0 bridgehead atoms. The minimum absolute atomic E-state index is 0.00536. The Hall–Kier alpha value is -2.34. The number of sulfonamides is 1. The number of benzene rings is 1. The average Bonchev–Trinajstić information content (AvgIpc) is 3.17. The lowest BCUT2D eigenvalue weighted by atomic mass is 9.91. The molecule has 0 unspecified atom stereocenters. The number of carbonyl (C=O) groups excluding carboxylic acids is 1. The second-order valence-electron chi connectivity index (χ2n) is 8.55. The molecule has 1 aliphatic heterocycles. The molecule has 2 fully saturated rings. The number of aliphatic hydroxyl groups is 1. The minimum Gasteiger partial charge on any atom is -0.388 e. The molecule has 0 spiro atoms. The van der Waals surface area contributed by atoms with E-state index < -0.39 is 22.2 Å². The molecule has 1 amide bonds. The minimum atomic E-state index is -3.20. The predicted molar refractivity (Wildman–Crippen MR) is 120 cm³/mol. The molecule has 4 rings (SSSR count). The Morgan fingerprint density at radius 1 is 1.22 bits per heavy atom. The summed E-state index contributed by atoms with van der Waals surface area (Å²) in [6.07, 6.45) is 5.30. The quantitative estimate of drug-likeness (QED) is 0.571. The fourth-order valence-corrected chi connectivity index (χ4v) is 5.03. The van der Waals surface area contributed by atoms with Crippen LogP contribution in [-0.4, -0.2) is 84.5 Å². The average molecular weight is 464 g/mol. The maximum atomic E-state index is 12.8. The molecular weight excluding hydrogens is 434 g/mol. The van der Waals surface area contributed by atoms with Crippen molar-refractivity contribution in [1.29, 1.82) is 0 Å². The van der Waals surface area contributed by atoms with Gasteiger partial charge < -0.3 is 20.5 Å². The molecular formula is C21H29N5O5S. The van der Waals surface area contributed by atoms with E-state index in [0.717, 1.165) is 31.1 Å². The van der Waals surface area contributed by atoms with Gasteiger partial charge in [0.2, 0.25) is 16.0 Å². The Balaban J connectivity index is 1.45. The fraction of sp³-hybridized carbons (Fsp3) is 0.571. The van der Waals surface area contributed by atoms with Crippen LogP contribution >= 0.6 is 0 Å². The molecule has 1 aromatic heterocycles. The van der Waals surface area contributed by atoms with Gasteiger partial charge in [-0.1, -0.05) is 12.1 Å². The van der Waals surface area contributed by atoms with E-state index in [-0.39, 0.29) is 31.2 Å². The van der Waals surface area contributed by atoms with Crippen molar-refractivity contribution in [2.75, 3.05) is 31.8 Å². The Morgan fingerprint density at radius 2 is 1.97 bits per heavy atom. The number of ether oxygens (including phenoxy) is 1. The van der Waals surface area contributed by atoms with Crippen LogP contribution < -0.4 is 10.6 Å². The largest absolute Gasteiger partial charge is 0.388 e. The third-order valence-corrected chi connectivity index (χ3v) is 7.63. The van der Waals surface area contributed by atoms with Gasteiger partial charge >= 0.3 is 0 Å². The van der Waals surface area contributed by atoms with Crippen LogP contribution in [0.3, 0.4) is 0 Å². The van der Waals surface area contributed by atoms with Gasteiger partial charge in [-0.15, -0.1) is 0 Å². The zero-order valence-electron chi connectivity index (χ0n) is 18.2. The molecule has 2 aromatic rings. The zero-order chi connectivity index (χ0) is 22.9. The number of carbonyl (C=O) groups is 1. The van der Waals surface area contributed by atoms with Crippen molar-refractivity contribution in [3.63, 3.8) is 0 Å². The number of nitrogens with one attached hydrogen (secondary N) is 2. The standard InChI is InChI=1S/C21H29N5O5S/c1-26(32(2,29)30)15-8-6-14(7-9-15)23-21-22-10-13-4-3-5-16(19(13)25-21)20(28)24-17-11-31-12-18(17)27/h3-5,10,14-15,17-18,27H,6-9,11-12H2,1-2H3,(H,24,28)(H,22,23,25)/t14-,15-,17-,18-/m1/s1. The van der Waals surface area contributed by atoms with Gasteiger partial charge in [-0.25, -0.2) is 22.7 Å². The van der Waals surface area contributed by atoms with Crippen molar-refractivity contribution in [3.8, 4) is 0 Å². The molecule has 1 saturated carbocycles. The van der Waals surface area contributed by atoms with Crippen LogP contribution in [0, 0.1) is 0 Å². The van der Waals surface area contributed by atoms with Crippen molar-refractivity contribution in [2.24, 2.45) is 0 Å². The normalized spacial score (nSPS) is 26.4. The Bertz CT molecular complexity index is 1090. The third-order valence-electron chi connectivity index (χ3n) is 6.29. The number of aromatic nitrogens is 2. The highest BCUT2D eigenvalue weighted by atomic mass is 32.2. The molecule has 2 atom stereocenters. The Morgan fingerprint density at radius 3 is 2.62 bits per heavy atom. The highest BCUT2D eigenvalue weighted by molar-refractivity contribution is 7.88. The summed E-state index contributed by atoms with van der Waals surface area (Å²) in [5, 5.41) is 16.8. The molecule has 32 heavy (non-hydrogen) atoms. The summed E-state index contributed by atoms with van der Waals surface area (Å²) in [7, 11) is -1.57. The third kappa shape index (κ3) is 5.01. The van der Waals surface area contributed by atoms with E-state index >= 15 is 0 Å². The van der Waals surface area contributed by atoms with E-state index in [1.165, 1.54) is 10.6 Å². The summed E-state index contributed by atoms with van der Waals surface area (Å²) in [6.45, 7) is 0.482. The van der Waals surface area contributed by atoms with E-state index in [0.29, 0.717) is 17.0 Å². The maximum Gasteiger partial charge on any atom is 0.253 e. The summed E-state index contributed by atoms with van der Waals surface area (Å²) >= 11 is 0. The van der Waals surface area contributed by atoms with E-state index in [9.17, 15) is 18.3 Å². The van der Waals surface area contributed by atoms with Gasteiger partial charge in [-0.2, -0.15) is 0 Å². The van der Waals surface area contributed by atoms with Gasteiger partial charge in [0.05, 0.1) is 42.7 Å². The highest BCUT2D eigenvalue weighted by Gasteiger charge is 2.30. The number of fused-ring (bicyclic) bond motifs is 1. The SMILES string of the molecule is CN([C@H]1CC[C@H](Nc2ncc3cccc(C(=O)N[C@@H]4COC[C@H]4O)c3n2)CC1)S(C)(=O)=O. The van der Waals surface area contributed by atoms with Crippen molar-refractivity contribution < 1.29 is 23.1 Å². The topological polar surface area (TPSA) is 134 Å². The molecule has 0 radical (unpaired) electrons. The van der Waals surface area contributed by atoms with Crippen molar-refractivity contribution in [1.82, 2.24) is 19.6 Å². The number of anilines is 1. The molecule has 2 heterocycles. The van der Waals surface area contributed by atoms with E-state index in [1.54, 1.807) is 25.4 Å². The van der Waals surface area contributed by atoms with Crippen LogP contribution in [0.25, 0.3) is 10.9 Å². The summed E-state index contributed by atoms with van der Waals surface area (Å²) in [4.78, 5) is 21.8. The molecule has 11 heteroatoms. The fourth-order valence-electron chi connectivity index (χ4n) is 4.27. The first-order valence-electron chi connectivity index (χ1n) is 10.7. The second-order valence-corrected chi connectivity index (χ2v) is 10.6. The Labute approximate surface area is 187 Å². The van der Waals surface area contributed by atoms with E-state index in [2.05, 4.69) is 20.6 Å². The van der Waals surface area contributed by atoms with E-state index in [4.69, 9.17) is 4.74 Å². The smallest absolute Gasteiger partial charge is 0.253 e. The van der Waals surface area contributed by atoms with Crippen LogP contribution in [0.1, 0.15) is 36.0 Å². The number of nitrogens with zero attached hydrogens (tertiary/aromatic N) is 3. The highest BCUT2D eigenvalue weighted by Crippen LogP contribution is 2.26. The van der Waals surface area contributed by atoms with Crippen molar-refractivity contribution >= 4 is 32.8 Å². The van der Waals surface area contributed by atoms with Gasteiger partial charge in [0.15, 0.2) is 0 Å². The molecule has 2 aliphatic rings. The molecule has 1 aliphatic carbocycles. The number of amides is 1. The lowest BCUT2D eigenvalue weighted by Crippen LogP contribution is -2.42. The predicted octanol–water partition coefficient (Wildman–Crippen LogP) is 0.734. The molecule has 1 saturated heterocycles. The van der Waals surface area contributed by atoms with Crippen LogP contribution in [0.5, 0.6) is 0 Å². The van der Waals surface area contributed by atoms with Gasteiger partial charge in [-0.05, 0) is 31.7 Å². The number of aliphatic hydroxyl groups excluding tert-OH is 1. The first-order chi connectivity index (χ1) is 15.2. The number of para-hydroxylation sites is 1. The van der Waals surface area contributed by atoms with Crippen LogP contribution in [0.15, 0.2) is 24.4 Å². The van der Waals surface area contributed by atoms with Crippen LogP contribution in [0.4, 0.5) is 5.95 Å². The zero-order valence-corrected chi connectivity index (χ0v) is 19.0. The summed E-state index contributed by atoms with van der Waals surface area (Å²) < 4.78 is 30.2. The van der Waals surface area contributed by atoms with Gasteiger partial charge in [0, 0.05) is 30.7 Å². The van der Waals surface area contributed by atoms with Gasteiger partial charge in [0.1, 0.15) is 0 Å². The second kappa shape index (κ2) is 9.26.